The predicted molar refractivity (Wildman–Crippen MR) is 90.0 cm³/mol. The first-order valence-corrected chi connectivity index (χ1v) is 7.31. The maximum atomic E-state index is 11.9. The van der Waals surface area contributed by atoms with Gasteiger partial charge in [0.25, 0.3) is 0 Å². The number of amides is 1. The van der Waals surface area contributed by atoms with Crippen LogP contribution < -0.4 is 10.6 Å². The third-order valence-electron chi connectivity index (χ3n) is 2.89. The summed E-state index contributed by atoms with van der Waals surface area (Å²) < 4.78 is 0. The van der Waals surface area contributed by atoms with Crippen LogP contribution in [0.4, 0.5) is 11.4 Å². The van der Waals surface area contributed by atoms with Gasteiger partial charge in [0.1, 0.15) is 0 Å². The summed E-state index contributed by atoms with van der Waals surface area (Å²) in [5, 5.41) is 6.52. The number of para-hydroxylation sites is 1. The molecule has 0 aliphatic heterocycles. The lowest BCUT2D eigenvalue weighted by Crippen LogP contribution is -2.22. The molecule has 0 spiro atoms. The fourth-order valence-corrected chi connectivity index (χ4v) is 2.48. The van der Waals surface area contributed by atoms with Crippen LogP contribution in [-0.4, -0.2) is 18.2 Å². The Morgan fingerprint density at radius 3 is 2.32 bits per heavy atom. The van der Waals surface area contributed by atoms with Crippen molar-refractivity contribution in [3.63, 3.8) is 0 Å². The van der Waals surface area contributed by atoms with E-state index in [0.717, 1.165) is 0 Å². The maximum Gasteiger partial charge on any atom is 0.243 e. The van der Waals surface area contributed by atoms with Crippen LogP contribution in [0.15, 0.2) is 42.5 Å². The molecule has 0 saturated carbocycles. The molecule has 0 unspecified atom stereocenters. The predicted octanol–water partition coefficient (Wildman–Crippen LogP) is 4.25. The van der Waals surface area contributed by atoms with Gasteiger partial charge in [-0.25, -0.2) is 0 Å². The average molecular weight is 337 g/mol. The van der Waals surface area contributed by atoms with Crippen LogP contribution in [0.25, 0.3) is 0 Å². The van der Waals surface area contributed by atoms with Crippen molar-refractivity contribution in [1.82, 2.24) is 0 Å². The second-order valence-electron chi connectivity index (χ2n) is 4.66. The van der Waals surface area contributed by atoms with Gasteiger partial charge >= 0.3 is 0 Å². The lowest BCUT2D eigenvalue weighted by molar-refractivity contribution is -0.114. The summed E-state index contributed by atoms with van der Waals surface area (Å²) in [4.78, 5) is 23.5. The molecule has 6 heteroatoms. The van der Waals surface area contributed by atoms with Gasteiger partial charge in [0, 0.05) is 27.0 Å². The lowest BCUT2D eigenvalue weighted by Gasteiger charge is -2.11. The van der Waals surface area contributed by atoms with Gasteiger partial charge in [0.15, 0.2) is 5.78 Å². The molecule has 22 heavy (non-hydrogen) atoms. The van der Waals surface area contributed by atoms with Crippen molar-refractivity contribution in [3.8, 4) is 0 Å². The van der Waals surface area contributed by atoms with E-state index in [4.69, 9.17) is 23.2 Å². The largest absolute Gasteiger partial charge is 0.376 e. The quantitative estimate of drug-likeness (QED) is 0.802. The minimum atomic E-state index is -0.267. The number of ketones is 1. The highest BCUT2D eigenvalue weighted by Gasteiger charge is 2.08. The molecule has 0 fully saturated rings. The van der Waals surface area contributed by atoms with Crippen LogP contribution >= 0.6 is 23.2 Å². The summed E-state index contributed by atoms with van der Waals surface area (Å²) in [7, 11) is 0. The number of nitrogens with one attached hydrogen (secondary N) is 2. The molecule has 2 N–H and O–H groups in total. The highest BCUT2D eigenvalue weighted by molar-refractivity contribution is 6.35. The van der Waals surface area contributed by atoms with Crippen LogP contribution in [0.1, 0.15) is 17.3 Å². The number of carbonyl (C=O) groups excluding carboxylic acids is 2. The Kier molecular flexibility index (Phi) is 5.41. The first-order chi connectivity index (χ1) is 10.5. The Bertz CT molecular complexity index is 697. The number of hydrogen-bond acceptors (Lipinski definition) is 3. The van der Waals surface area contributed by atoms with Crippen molar-refractivity contribution in [2.45, 2.75) is 6.92 Å². The monoisotopic (exact) mass is 336 g/mol. The zero-order valence-electron chi connectivity index (χ0n) is 11.8. The molecule has 2 aromatic rings. The summed E-state index contributed by atoms with van der Waals surface area (Å²) >= 11 is 11.7. The normalized spacial score (nSPS) is 10.1. The average Bonchev–Trinajstić information content (AvgIpc) is 2.44. The van der Waals surface area contributed by atoms with Gasteiger partial charge in [-0.05, 0) is 37.3 Å². The van der Waals surface area contributed by atoms with Gasteiger partial charge in [-0.1, -0.05) is 35.3 Å². The van der Waals surface area contributed by atoms with Crippen molar-refractivity contribution in [3.05, 3.63) is 58.1 Å². The molecule has 114 valence electrons. The molecule has 0 aliphatic carbocycles. The molecule has 0 aliphatic rings. The van der Waals surface area contributed by atoms with Gasteiger partial charge in [-0.2, -0.15) is 0 Å². The fourth-order valence-electron chi connectivity index (χ4n) is 1.95. The summed E-state index contributed by atoms with van der Waals surface area (Å²) in [6, 6.07) is 11.8. The Morgan fingerprint density at radius 1 is 1.05 bits per heavy atom. The highest BCUT2D eigenvalue weighted by Crippen LogP contribution is 2.22. The SMILES string of the molecule is CC(=O)c1ccccc1NCC(=O)Nc1cc(Cl)cc(Cl)c1. The van der Waals surface area contributed by atoms with Gasteiger partial charge in [-0.3, -0.25) is 9.59 Å². The van der Waals surface area contributed by atoms with Crippen molar-refractivity contribution >= 4 is 46.3 Å². The number of carbonyl (C=O) groups is 2. The molecule has 4 nitrogen and oxygen atoms in total. The van der Waals surface area contributed by atoms with Gasteiger partial charge < -0.3 is 10.6 Å². The molecular weight excluding hydrogens is 323 g/mol. The van der Waals surface area contributed by atoms with E-state index in [1.807, 2.05) is 0 Å². The van der Waals surface area contributed by atoms with E-state index in [1.165, 1.54) is 6.92 Å². The van der Waals surface area contributed by atoms with Crippen LogP contribution in [-0.2, 0) is 4.79 Å². The van der Waals surface area contributed by atoms with Crippen LogP contribution in [0.5, 0.6) is 0 Å². The number of rotatable bonds is 5. The van der Waals surface area contributed by atoms with Crippen LogP contribution in [0.3, 0.4) is 0 Å². The van der Waals surface area contributed by atoms with Gasteiger partial charge in [0.2, 0.25) is 5.91 Å². The van der Waals surface area contributed by atoms with E-state index in [9.17, 15) is 9.59 Å². The van der Waals surface area contributed by atoms with E-state index in [0.29, 0.717) is 27.0 Å². The number of benzene rings is 2. The van der Waals surface area contributed by atoms with Crippen molar-refractivity contribution < 1.29 is 9.59 Å². The molecule has 0 heterocycles. The molecule has 0 saturated heterocycles. The summed E-state index contributed by atoms with van der Waals surface area (Å²) in [6.07, 6.45) is 0. The highest BCUT2D eigenvalue weighted by atomic mass is 35.5. The standard InChI is InChI=1S/C16H14Cl2N2O2/c1-10(21)14-4-2-3-5-15(14)19-9-16(22)20-13-7-11(17)6-12(18)8-13/h2-8,19H,9H2,1H3,(H,20,22). The molecule has 0 atom stereocenters. The van der Waals surface area contributed by atoms with E-state index >= 15 is 0 Å². The molecule has 0 aromatic heterocycles. The first-order valence-electron chi connectivity index (χ1n) is 6.55. The van der Waals surface area contributed by atoms with Crippen LogP contribution in [0, 0.1) is 0 Å². The Morgan fingerprint density at radius 2 is 1.68 bits per heavy atom. The summed E-state index contributed by atoms with van der Waals surface area (Å²) in [5.41, 5.74) is 1.68. The van der Waals surface area contributed by atoms with Gasteiger partial charge in [-0.15, -0.1) is 0 Å². The van der Waals surface area contributed by atoms with E-state index in [-0.39, 0.29) is 18.2 Å². The number of Topliss-reactive ketones (excluding diaryl/α,β-unsaturated/α-hetero) is 1. The van der Waals surface area contributed by atoms with E-state index in [1.54, 1.807) is 42.5 Å². The molecule has 2 rings (SSSR count). The zero-order valence-corrected chi connectivity index (χ0v) is 13.3. The zero-order chi connectivity index (χ0) is 16.1. The molecule has 1 amide bonds. The minimum absolute atomic E-state index is 0.0222. The Hall–Kier alpha value is -2.04. The summed E-state index contributed by atoms with van der Waals surface area (Å²) in [6.45, 7) is 1.50. The first kappa shape index (κ1) is 16.3. The Balaban J connectivity index is 2.00. The number of hydrogen-bond donors (Lipinski definition) is 2. The number of halogens is 2. The molecule has 0 bridgehead atoms. The third kappa shape index (κ3) is 4.48. The van der Waals surface area contributed by atoms with E-state index in [2.05, 4.69) is 10.6 Å². The molecule has 0 radical (unpaired) electrons. The summed E-state index contributed by atoms with van der Waals surface area (Å²) in [5.74, 6) is -0.332. The Labute approximate surface area is 138 Å². The molecular formula is C16H14Cl2N2O2. The third-order valence-corrected chi connectivity index (χ3v) is 3.33. The van der Waals surface area contributed by atoms with Gasteiger partial charge in [0.05, 0.1) is 6.54 Å². The minimum Gasteiger partial charge on any atom is -0.376 e. The smallest absolute Gasteiger partial charge is 0.243 e. The van der Waals surface area contributed by atoms with Crippen molar-refractivity contribution in [2.24, 2.45) is 0 Å². The fraction of sp³-hybridized carbons (Fsp3) is 0.125. The second-order valence-corrected chi connectivity index (χ2v) is 5.53. The van der Waals surface area contributed by atoms with Crippen molar-refractivity contribution in [2.75, 3.05) is 17.2 Å². The van der Waals surface area contributed by atoms with Crippen molar-refractivity contribution in [1.29, 1.82) is 0 Å². The molecule has 2 aromatic carbocycles. The van der Waals surface area contributed by atoms with Crippen LogP contribution in [0.2, 0.25) is 10.0 Å². The number of anilines is 2. The van der Waals surface area contributed by atoms with E-state index < -0.39 is 0 Å². The topological polar surface area (TPSA) is 58.2 Å². The second kappa shape index (κ2) is 7.29. The maximum absolute atomic E-state index is 11.9. The lowest BCUT2D eigenvalue weighted by atomic mass is 10.1.